The summed E-state index contributed by atoms with van der Waals surface area (Å²) in [5.74, 6) is -0.0276. The molecule has 1 N–H and O–H groups in total. The van der Waals surface area contributed by atoms with Crippen LogP contribution in [0.1, 0.15) is 40.0 Å². The van der Waals surface area contributed by atoms with Gasteiger partial charge in [-0.3, -0.25) is 9.59 Å². The molecule has 1 atom stereocenters. The van der Waals surface area contributed by atoms with Gasteiger partial charge in [0.1, 0.15) is 6.54 Å². The Balaban J connectivity index is 0.00000225. The number of amides is 2. The van der Waals surface area contributed by atoms with Crippen molar-refractivity contribution in [3.05, 3.63) is 70.8 Å². The summed E-state index contributed by atoms with van der Waals surface area (Å²) < 4.78 is 0. The number of carbonyl (C=O) groups excluding carboxylic acids is 2. The Kier molecular flexibility index (Phi) is 6.37. The quantitative estimate of drug-likeness (QED) is 0.860. The van der Waals surface area contributed by atoms with Crippen LogP contribution in [-0.2, 0) is 17.8 Å². The summed E-state index contributed by atoms with van der Waals surface area (Å²) in [5.41, 5.74) is 4.16. The van der Waals surface area contributed by atoms with E-state index in [2.05, 4.69) is 36.5 Å². The van der Waals surface area contributed by atoms with E-state index in [9.17, 15) is 9.59 Å². The number of halogens is 1. The predicted molar refractivity (Wildman–Crippen MR) is 112 cm³/mol. The number of hydrogen-bond donors (Lipinski definition) is 1. The maximum absolute atomic E-state index is 13.1. The zero-order chi connectivity index (χ0) is 18.8. The van der Waals surface area contributed by atoms with Gasteiger partial charge >= 0.3 is 0 Å². The lowest BCUT2D eigenvalue weighted by Crippen LogP contribution is -2.51. The zero-order valence-electron chi connectivity index (χ0n) is 16.1. The number of benzene rings is 2. The lowest BCUT2D eigenvalue weighted by molar-refractivity contribution is -0.135. The molecule has 2 amide bonds. The van der Waals surface area contributed by atoms with E-state index in [4.69, 9.17) is 0 Å². The van der Waals surface area contributed by atoms with Crippen LogP contribution >= 0.6 is 12.4 Å². The van der Waals surface area contributed by atoms with Gasteiger partial charge in [-0.1, -0.05) is 49.4 Å². The SMILES string of the molecule is CCc1ccc(C2CNCCN2C(=O)CN2Cc3ccccc3C2=O)cc1.Cl. The number of piperazine rings is 1. The third kappa shape index (κ3) is 3.91. The minimum Gasteiger partial charge on any atom is -0.332 e. The van der Waals surface area contributed by atoms with Gasteiger partial charge in [-0.2, -0.15) is 0 Å². The largest absolute Gasteiger partial charge is 0.332 e. The van der Waals surface area contributed by atoms with Gasteiger partial charge in [-0.15, -0.1) is 12.4 Å². The number of fused-ring (bicyclic) bond motifs is 1. The minimum absolute atomic E-state index is 0. The fraction of sp³-hybridized carbons (Fsp3) is 0.364. The van der Waals surface area contributed by atoms with Crippen molar-refractivity contribution in [2.24, 2.45) is 0 Å². The van der Waals surface area contributed by atoms with Gasteiger partial charge in [0, 0.05) is 31.7 Å². The van der Waals surface area contributed by atoms with Crippen LogP contribution in [0.15, 0.2) is 48.5 Å². The molecule has 2 aliphatic rings. The summed E-state index contributed by atoms with van der Waals surface area (Å²) in [6, 6.07) is 16.1. The summed E-state index contributed by atoms with van der Waals surface area (Å²) in [5, 5.41) is 3.39. The second-order valence-electron chi connectivity index (χ2n) is 7.22. The first-order chi connectivity index (χ1) is 13.2. The Hall–Kier alpha value is -2.37. The second kappa shape index (κ2) is 8.76. The van der Waals surface area contributed by atoms with Crippen molar-refractivity contribution < 1.29 is 9.59 Å². The Bertz CT molecular complexity index is 853. The Morgan fingerprint density at radius 2 is 1.89 bits per heavy atom. The molecule has 2 aromatic carbocycles. The summed E-state index contributed by atoms with van der Waals surface area (Å²) in [6.45, 7) is 4.97. The van der Waals surface area contributed by atoms with Gasteiger partial charge in [0.05, 0.1) is 6.04 Å². The van der Waals surface area contributed by atoms with Crippen LogP contribution in [0.5, 0.6) is 0 Å². The Morgan fingerprint density at radius 3 is 2.61 bits per heavy atom. The van der Waals surface area contributed by atoms with Gasteiger partial charge < -0.3 is 15.1 Å². The molecule has 2 aliphatic heterocycles. The molecule has 1 saturated heterocycles. The Morgan fingerprint density at radius 1 is 1.14 bits per heavy atom. The molecule has 4 rings (SSSR count). The monoisotopic (exact) mass is 399 g/mol. The van der Waals surface area contributed by atoms with Crippen molar-refractivity contribution in [1.82, 2.24) is 15.1 Å². The molecule has 0 aliphatic carbocycles. The third-order valence-corrected chi connectivity index (χ3v) is 5.56. The average molecular weight is 400 g/mol. The molecule has 0 radical (unpaired) electrons. The van der Waals surface area contributed by atoms with Crippen LogP contribution < -0.4 is 5.32 Å². The first kappa shape index (κ1) is 20.4. The van der Waals surface area contributed by atoms with Crippen molar-refractivity contribution in [2.75, 3.05) is 26.2 Å². The highest BCUT2D eigenvalue weighted by Crippen LogP contribution is 2.25. The lowest BCUT2D eigenvalue weighted by Gasteiger charge is -2.37. The topological polar surface area (TPSA) is 52.7 Å². The molecule has 0 bridgehead atoms. The van der Waals surface area contributed by atoms with Crippen LogP contribution in [-0.4, -0.2) is 47.8 Å². The highest BCUT2D eigenvalue weighted by atomic mass is 35.5. The molecule has 28 heavy (non-hydrogen) atoms. The summed E-state index contributed by atoms with van der Waals surface area (Å²) in [6.07, 6.45) is 1.00. The van der Waals surface area contributed by atoms with Crippen molar-refractivity contribution in [3.63, 3.8) is 0 Å². The number of aryl methyl sites for hydroxylation is 1. The molecule has 0 aromatic heterocycles. The molecule has 148 valence electrons. The highest BCUT2D eigenvalue weighted by molar-refractivity contribution is 6.00. The second-order valence-corrected chi connectivity index (χ2v) is 7.22. The third-order valence-electron chi connectivity index (χ3n) is 5.56. The first-order valence-corrected chi connectivity index (χ1v) is 9.63. The van der Waals surface area contributed by atoms with E-state index in [1.165, 1.54) is 5.56 Å². The number of nitrogens with zero attached hydrogens (tertiary/aromatic N) is 2. The van der Waals surface area contributed by atoms with Crippen molar-refractivity contribution in [2.45, 2.75) is 25.9 Å². The molecule has 2 heterocycles. The maximum atomic E-state index is 13.1. The number of nitrogens with one attached hydrogen (secondary N) is 1. The molecular weight excluding hydrogens is 374 g/mol. The highest BCUT2D eigenvalue weighted by Gasteiger charge is 2.33. The van der Waals surface area contributed by atoms with E-state index >= 15 is 0 Å². The van der Waals surface area contributed by atoms with Gasteiger partial charge in [0.15, 0.2) is 0 Å². The van der Waals surface area contributed by atoms with E-state index < -0.39 is 0 Å². The van der Waals surface area contributed by atoms with Crippen molar-refractivity contribution >= 4 is 24.2 Å². The van der Waals surface area contributed by atoms with Crippen molar-refractivity contribution in [1.29, 1.82) is 0 Å². The molecule has 0 saturated carbocycles. The van der Waals surface area contributed by atoms with Gasteiger partial charge in [-0.25, -0.2) is 0 Å². The fourth-order valence-electron chi connectivity index (χ4n) is 3.97. The van der Waals surface area contributed by atoms with Gasteiger partial charge in [0.25, 0.3) is 5.91 Å². The average Bonchev–Trinajstić information content (AvgIpc) is 3.03. The van der Waals surface area contributed by atoms with Gasteiger partial charge in [-0.05, 0) is 29.2 Å². The van der Waals surface area contributed by atoms with Crippen LogP contribution in [0.3, 0.4) is 0 Å². The van der Waals surface area contributed by atoms with Crippen molar-refractivity contribution in [3.8, 4) is 0 Å². The summed E-state index contributed by atoms with van der Waals surface area (Å²) >= 11 is 0. The van der Waals surface area contributed by atoms with E-state index in [1.807, 2.05) is 29.2 Å². The Labute approximate surface area is 172 Å². The minimum atomic E-state index is -0.0436. The molecule has 5 nitrogen and oxygen atoms in total. The normalized spacial score (nSPS) is 18.6. The van der Waals surface area contributed by atoms with E-state index in [-0.39, 0.29) is 36.8 Å². The smallest absolute Gasteiger partial charge is 0.254 e. The van der Waals surface area contributed by atoms with E-state index in [0.29, 0.717) is 13.1 Å². The molecule has 0 spiro atoms. The lowest BCUT2D eigenvalue weighted by atomic mass is 10.0. The van der Waals surface area contributed by atoms with Gasteiger partial charge in [0.2, 0.25) is 5.91 Å². The molecular formula is C22H26ClN3O2. The maximum Gasteiger partial charge on any atom is 0.254 e. The van der Waals surface area contributed by atoms with E-state index in [1.54, 1.807) is 4.90 Å². The summed E-state index contributed by atoms with van der Waals surface area (Å²) in [7, 11) is 0. The molecule has 2 aromatic rings. The first-order valence-electron chi connectivity index (χ1n) is 9.63. The number of rotatable bonds is 4. The van der Waals surface area contributed by atoms with Crippen LogP contribution in [0, 0.1) is 0 Å². The number of carbonyl (C=O) groups is 2. The van der Waals surface area contributed by atoms with Crippen LogP contribution in [0.25, 0.3) is 0 Å². The van der Waals surface area contributed by atoms with E-state index in [0.717, 1.165) is 36.2 Å². The summed E-state index contributed by atoms with van der Waals surface area (Å²) in [4.78, 5) is 29.2. The van der Waals surface area contributed by atoms with Crippen LogP contribution in [0.2, 0.25) is 0 Å². The molecule has 6 heteroatoms. The standard InChI is InChI=1S/C22H25N3O2.ClH/c1-2-16-7-9-17(10-8-16)20-13-23-11-12-25(20)21(26)15-24-14-18-5-3-4-6-19(18)22(24)27;/h3-10,20,23H,2,11-15H2,1H3;1H. The predicted octanol–water partition coefficient (Wildman–Crippen LogP) is 2.80. The number of hydrogen-bond acceptors (Lipinski definition) is 3. The zero-order valence-corrected chi connectivity index (χ0v) is 16.9. The molecule has 1 fully saturated rings. The fourth-order valence-corrected chi connectivity index (χ4v) is 3.97. The van der Waals surface area contributed by atoms with Crippen LogP contribution in [0.4, 0.5) is 0 Å². The molecule has 1 unspecified atom stereocenters.